The van der Waals surface area contributed by atoms with Crippen LogP contribution in [0.4, 0.5) is 0 Å². The van der Waals surface area contributed by atoms with E-state index in [1.165, 1.54) is 0 Å². The Kier molecular flexibility index (Phi) is 7.24. The lowest BCUT2D eigenvalue weighted by atomic mass is 9.88. The van der Waals surface area contributed by atoms with Gasteiger partial charge in [-0.3, -0.25) is 9.00 Å². The van der Waals surface area contributed by atoms with E-state index in [1.54, 1.807) is 6.92 Å². The molecule has 2 rings (SSSR count). The third-order valence-electron chi connectivity index (χ3n) is 4.24. The van der Waals surface area contributed by atoms with Crippen LogP contribution in [-0.2, 0) is 20.3 Å². The van der Waals surface area contributed by atoms with Gasteiger partial charge in [0.25, 0.3) is 0 Å². The van der Waals surface area contributed by atoms with Gasteiger partial charge in [-0.15, -0.1) is 11.6 Å². The number of ether oxygens (including phenoxy) is 1. The molecule has 0 saturated carbocycles. The zero-order chi connectivity index (χ0) is 20.2. The van der Waals surface area contributed by atoms with Crippen molar-refractivity contribution in [3.63, 3.8) is 0 Å². The summed E-state index contributed by atoms with van der Waals surface area (Å²) in [5, 5.41) is 0. The van der Waals surface area contributed by atoms with Crippen molar-refractivity contribution in [3.05, 3.63) is 65.7 Å². The third-order valence-corrected chi connectivity index (χ3v) is 6.44. The van der Waals surface area contributed by atoms with E-state index >= 15 is 0 Å². The highest BCUT2D eigenvalue weighted by Gasteiger charge is 2.37. The molecule has 0 radical (unpaired) electrons. The van der Waals surface area contributed by atoms with Crippen molar-refractivity contribution in [1.29, 1.82) is 0 Å². The van der Waals surface area contributed by atoms with Gasteiger partial charge in [0.05, 0.1) is 16.7 Å². The van der Waals surface area contributed by atoms with E-state index in [9.17, 15) is 9.00 Å². The number of benzene rings is 2. The van der Waals surface area contributed by atoms with Crippen molar-refractivity contribution >= 4 is 28.4 Å². The van der Waals surface area contributed by atoms with Crippen LogP contribution < -0.4 is 0 Å². The largest absolute Gasteiger partial charge is 0.460 e. The first kappa shape index (κ1) is 21.6. The van der Waals surface area contributed by atoms with Crippen LogP contribution in [0, 0.1) is 12.8 Å². The fourth-order valence-electron chi connectivity index (χ4n) is 2.82. The first-order valence-electron chi connectivity index (χ1n) is 8.99. The van der Waals surface area contributed by atoms with Crippen molar-refractivity contribution in [1.82, 2.24) is 0 Å². The van der Waals surface area contributed by atoms with E-state index in [2.05, 4.69) is 0 Å². The molecule has 0 amide bonds. The summed E-state index contributed by atoms with van der Waals surface area (Å²) in [4.78, 5) is 13.4. The molecule has 0 aliphatic rings. The molecule has 146 valence electrons. The van der Waals surface area contributed by atoms with Gasteiger partial charge in [0.1, 0.15) is 10.3 Å². The van der Waals surface area contributed by atoms with Crippen LogP contribution in [-0.4, -0.2) is 20.5 Å². The highest BCUT2D eigenvalue weighted by molar-refractivity contribution is 7.87. The Morgan fingerprint density at radius 2 is 1.59 bits per heavy atom. The molecule has 3 nitrogen and oxygen atoms in total. The summed E-state index contributed by atoms with van der Waals surface area (Å²) in [6.07, 6.45) is 0. The molecule has 0 spiro atoms. The molecule has 0 aromatic heterocycles. The van der Waals surface area contributed by atoms with Gasteiger partial charge < -0.3 is 4.74 Å². The predicted octanol–water partition coefficient (Wildman–Crippen LogP) is 5.43. The predicted molar refractivity (Wildman–Crippen MR) is 111 cm³/mol. The summed E-state index contributed by atoms with van der Waals surface area (Å²) >= 11 is 6.71. The maximum absolute atomic E-state index is 13.1. The van der Waals surface area contributed by atoms with Gasteiger partial charge in [-0.25, -0.2) is 0 Å². The second kappa shape index (κ2) is 9.03. The van der Waals surface area contributed by atoms with Gasteiger partial charge >= 0.3 is 5.97 Å². The van der Waals surface area contributed by atoms with Crippen molar-refractivity contribution in [2.24, 2.45) is 5.92 Å². The fraction of sp³-hybridized carbons (Fsp3) is 0.409. The monoisotopic (exact) mass is 406 g/mol. The van der Waals surface area contributed by atoms with Crippen molar-refractivity contribution < 1.29 is 13.7 Å². The van der Waals surface area contributed by atoms with Gasteiger partial charge in [-0.05, 0) is 45.4 Å². The lowest BCUT2D eigenvalue weighted by molar-refractivity contribution is -0.160. The average molecular weight is 407 g/mol. The number of aryl methyl sites for hydroxylation is 1. The van der Waals surface area contributed by atoms with E-state index in [1.807, 2.05) is 82.3 Å². The third kappa shape index (κ3) is 5.91. The number of hydrogen-bond donors (Lipinski definition) is 0. The molecular formula is C22H27ClO3S. The van der Waals surface area contributed by atoms with E-state index in [0.717, 1.165) is 11.1 Å². The fourth-order valence-corrected chi connectivity index (χ4v) is 4.81. The van der Waals surface area contributed by atoms with Gasteiger partial charge in [0, 0.05) is 10.8 Å². The molecule has 5 heteroatoms. The summed E-state index contributed by atoms with van der Waals surface area (Å²) in [5.74, 6) is -1.32. The molecule has 0 saturated heterocycles. The zero-order valence-electron chi connectivity index (χ0n) is 16.4. The number of esters is 1. The first-order chi connectivity index (χ1) is 12.6. The Balaban J connectivity index is 2.36. The number of carbonyl (C=O) groups is 1. The Bertz CT molecular complexity index is 781. The quantitative estimate of drug-likeness (QED) is 0.474. The van der Waals surface area contributed by atoms with E-state index in [-0.39, 0.29) is 5.97 Å². The van der Waals surface area contributed by atoms with Crippen molar-refractivity contribution in [2.45, 2.75) is 55.7 Å². The molecule has 0 aliphatic carbocycles. The topological polar surface area (TPSA) is 43.4 Å². The Morgan fingerprint density at radius 3 is 2.11 bits per heavy atom. The Labute approximate surface area is 169 Å². The van der Waals surface area contributed by atoms with Crippen LogP contribution in [0.25, 0.3) is 0 Å². The maximum Gasteiger partial charge on any atom is 0.309 e. The highest BCUT2D eigenvalue weighted by atomic mass is 35.5. The molecule has 0 unspecified atom stereocenters. The van der Waals surface area contributed by atoms with E-state index in [4.69, 9.17) is 16.3 Å². The summed E-state index contributed by atoms with van der Waals surface area (Å²) in [6.45, 7) is 9.25. The minimum atomic E-state index is -1.47. The van der Waals surface area contributed by atoms with E-state index < -0.39 is 32.9 Å². The molecule has 2 aromatic rings. The van der Waals surface area contributed by atoms with Gasteiger partial charge in [0.2, 0.25) is 0 Å². The summed E-state index contributed by atoms with van der Waals surface area (Å²) in [6, 6.07) is 17.0. The number of hydrogen-bond acceptors (Lipinski definition) is 3. The Hall–Kier alpha value is -1.65. The summed E-state index contributed by atoms with van der Waals surface area (Å²) in [5.41, 5.74) is 1.37. The van der Waals surface area contributed by atoms with Crippen LogP contribution in [0.1, 0.15) is 44.7 Å². The Morgan fingerprint density at radius 1 is 1.04 bits per heavy atom. The molecule has 0 fully saturated rings. The van der Waals surface area contributed by atoms with E-state index in [0.29, 0.717) is 4.90 Å². The molecule has 4 atom stereocenters. The molecular weight excluding hydrogens is 380 g/mol. The number of rotatable bonds is 6. The van der Waals surface area contributed by atoms with Crippen molar-refractivity contribution in [2.75, 3.05) is 0 Å². The van der Waals surface area contributed by atoms with Crippen LogP contribution in [0.2, 0.25) is 0 Å². The second-order valence-corrected chi connectivity index (χ2v) is 10.0. The SMILES string of the molecule is Cc1ccc([S@@](=O)[C@@H](Cl)[C@H](c2ccccc2)[C@@H](C)C(=O)OC(C)(C)C)cc1. The number of alkyl halides is 1. The first-order valence-corrected chi connectivity index (χ1v) is 10.6. The molecule has 2 aromatic carbocycles. The molecule has 0 N–H and O–H groups in total. The van der Waals surface area contributed by atoms with Crippen LogP contribution in [0.3, 0.4) is 0 Å². The minimum Gasteiger partial charge on any atom is -0.460 e. The van der Waals surface area contributed by atoms with Crippen LogP contribution >= 0.6 is 11.6 Å². The molecule has 0 aliphatic heterocycles. The van der Waals surface area contributed by atoms with Crippen LogP contribution in [0.15, 0.2) is 59.5 Å². The van der Waals surface area contributed by atoms with Crippen molar-refractivity contribution in [3.8, 4) is 0 Å². The summed E-state index contributed by atoms with van der Waals surface area (Å²) < 4.78 is 17.9. The summed E-state index contributed by atoms with van der Waals surface area (Å²) in [7, 11) is -1.47. The highest BCUT2D eigenvalue weighted by Crippen LogP contribution is 2.36. The molecule has 27 heavy (non-hydrogen) atoms. The van der Waals surface area contributed by atoms with Gasteiger partial charge in [-0.2, -0.15) is 0 Å². The standard InChI is InChI=1S/C22H27ClO3S/c1-15-11-13-18(14-12-15)27(25)20(23)19(17-9-7-6-8-10-17)16(2)21(24)26-22(3,4)5/h6-14,16,19-20H,1-5H3/t16-,19+,20-,27-/m1/s1. The number of carbonyl (C=O) groups excluding carboxylic acids is 1. The molecule has 0 heterocycles. The lowest BCUT2D eigenvalue weighted by Crippen LogP contribution is -2.34. The zero-order valence-corrected chi connectivity index (χ0v) is 18.0. The number of halogens is 1. The normalized spacial score (nSPS) is 16.2. The minimum absolute atomic E-state index is 0.345. The lowest BCUT2D eigenvalue weighted by Gasteiger charge is -2.29. The average Bonchev–Trinajstić information content (AvgIpc) is 2.61. The smallest absolute Gasteiger partial charge is 0.309 e. The second-order valence-electron chi connectivity index (χ2n) is 7.72. The van der Waals surface area contributed by atoms with Gasteiger partial charge in [0.15, 0.2) is 0 Å². The van der Waals surface area contributed by atoms with Crippen LogP contribution in [0.5, 0.6) is 0 Å². The van der Waals surface area contributed by atoms with Gasteiger partial charge in [-0.1, -0.05) is 55.0 Å². The molecule has 0 bridgehead atoms. The maximum atomic E-state index is 13.1.